The molecule has 4 heteroatoms. The third-order valence-electron chi connectivity index (χ3n) is 1.64. The lowest BCUT2D eigenvalue weighted by Gasteiger charge is -2.03. The molecule has 0 saturated carbocycles. The summed E-state index contributed by atoms with van der Waals surface area (Å²) in [7, 11) is 1.52. The Hall–Kier alpha value is -2.02. The summed E-state index contributed by atoms with van der Waals surface area (Å²) in [6, 6.07) is 4.61. The topological polar surface area (TPSA) is 59.5 Å². The second kappa shape index (κ2) is 3.59. The highest BCUT2D eigenvalue weighted by molar-refractivity contribution is 5.99. The molecule has 4 nitrogen and oxygen atoms in total. The first-order valence-electron chi connectivity index (χ1n) is 3.68. The third-order valence-corrected chi connectivity index (χ3v) is 1.64. The van der Waals surface area contributed by atoms with Gasteiger partial charge in [0.05, 0.1) is 12.1 Å². The maximum Gasteiger partial charge on any atom is 0.251 e. The molecule has 0 aliphatic rings. The molecule has 1 amide bonds. The van der Waals surface area contributed by atoms with Gasteiger partial charge in [0.15, 0.2) is 5.69 Å². The van der Waals surface area contributed by atoms with Crippen molar-refractivity contribution in [1.82, 2.24) is 5.32 Å². The van der Waals surface area contributed by atoms with Crippen LogP contribution in [0.4, 0.5) is 11.4 Å². The van der Waals surface area contributed by atoms with E-state index in [9.17, 15) is 4.79 Å². The van der Waals surface area contributed by atoms with Crippen LogP contribution >= 0.6 is 0 Å². The van der Waals surface area contributed by atoms with E-state index in [2.05, 4.69) is 10.2 Å². The number of amides is 1. The van der Waals surface area contributed by atoms with Gasteiger partial charge >= 0.3 is 0 Å². The van der Waals surface area contributed by atoms with Gasteiger partial charge in [0.25, 0.3) is 5.91 Å². The maximum atomic E-state index is 11.2. The van der Waals surface area contributed by atoms with Crippen LogP contribution in [-0.4, -0.2) is 13.0 Å². The molecule has 3 N–H and O–H groups in total. The Labute approximate surface area is 76.2 Å². The number of nitrogens with zero attached hydrogens (tertiary/aromatic N) is 1. The van der Waals surface area contributed by atoms with Crippen molar-refractivity contribution in [3.63, 3.8) is 0 Å². The Morgan fingerprint density at radius 1 is 1.62 bits per heavy atom. The second-order valence-electron chi connectivity index (χ2n) is 2.46. The van der Waals surface area contributed by atoms with Crippen molar-refractivity contribution in [2.75, 3.05) is 12.8 Å². The highest BCUT2D eigenvalue weighted by atomic mass is 16.1. The summed E-state index contributed by atoms with van der Waals surface area (Å²) < 4.78 is 0. The van der Waals surface area contributed by atoms with Crippen LogP contribution in [0.25, 0.3) is 4.85 Å². The van der Waals surface area contributed by atoms with Crippen LogP contribution in [0.2, 0.25) is 0 Å². The number of carbonyl (C=O) groups is 1. The highest BCUT2D eigenvalue weighted by Gasteiger charge is 2.07. The summed E-state index contributed by atoms with van der Waals surface area (Å²) in [5, 5.41) is 2.45. The summed E-state index contributed by atoms with van der Waals surface area (Å²) in [5.74, 6) is -0.275. The molecule has 0 atom stereocenters. The van der Waals surface area contributed by atoms with Gasteiger partial charge in [0, 0.05) is 12.7 Å². The average Bonchev–Trinajstić information content (AvgIpc) is 2.17. The lowest BCUT2D eigenvalue weighted by molar-refractivity contribution is 0.0964. The van der Waals surface area contributed by atoms with Crippen molar-refractivity contribution in [1.29, 1.82) is 0 Å². The minimum absolute atomic E-state index is 0.275. The summed E-state index contributed by atoms with van der Waals surface area (Å²) in [5.41, 5.74) is 6.69. The largest absolute Gasteiger partial charge is 0.398 e. The smallest absolute Gasteiger partial charge is 0.251 e. The maximum absolute atomic E-state index is 11.2. The molecule has 0 bridgehead atoms. The van der Waals surface area contributed by atoms with E-state index in [1.165, 1.54) is 13.1 Å². The van der Waals surface area contributed by atoms with Crippen molar-refractivity contribution < 1.29 is 4.79 Å². The molecule has 1 aromatic rings. The predicted octanol–water partition coefficient (Wildman–Crippen LogP) is 1.18. The van der Waals surface area contributed by atoms with Crippen molar-refractivity contribution in [3.05, 3.63) is 35.2 Å². The average molecular weight is 175 g/mol. The van der Waals surface area contributed by atoms with E-state index < -0.39 is 0 Å². The Kier molecular flexibility index (Phi) is 2.50. The van der Waals surface area contributed by atoms with E-state index >= 15 is 0 Å². The normalized spacial score (nSPS) is 8.92. The number of hydrogen-bond donors (Lipinski definition) is 2. The number of rotatable bonds is 1. The Balaban J connectivity index is 3.20. The number of nitrogens with one attached hydrogen (secondary N) is 1. The quantitative estimate of drug-likeness (QED) is 0.497. The molecule has 13 heavy (non-hydrogen) atoms. The fourth-order valence-electron chi connectivity index (χ4n) is 0.945. The van der Waals surface area contributed by atoms with Gasteiger partial charge in [0.1, 0.15) is 0 Å². The van der Waals surface area contributed by atoms with Gasteiger partial charge in [-0.2, -0.15) is 0 Å². The van der Waals surface area contributed by atoms with Gasteiger partial charge in [-0.3, -0.25) is 4.79 Å². The fraction of sp³-hybridized carbons (Fsp3) is 0.111. The Morgan fingerprint density at radius 2 is 2.31 bits per heavy atom. The molecular weight excluding hydrogens is 166 g/mol. The molecular formula is C9H9N3O. The lowest BCUT2D eigenvalue weighted by Crippen LogP contribution is -2.19. The van der Waals surface area contributed by atoms with Crippen LogP contribution in [0.15, 0.2) is 18.2 Å². The first-order chi connectivity index (χ1) is 6.19. The summed E-state index contributed by atoms with van der Waals surface area (Å²) in [6.07, 6.45) is 0. The SMILES string of the molecule is [C-]#[N+]c1ccc(N)c(C(=O)NC)c1. The van der Waals surface area contributed by atoms with Gasteiger partial charge < -0.3 is 11.1 Å². The molecule has 0 aliphatic carbocycles. The summed E-state index contributed by atoms with van der Waals surface area (Å²) in [6.45, 7) is 6.76. The zero-order valence-corrected chi connectivity index (χ0v) is 7.16. The third kappa shape index (κ3) is 1.76. The molecule has 0 fully saturated rings. The minimum atomic E-state index is -0.275. The number of carbonyl (C=O) groups excluding carboxylic acids is 1. The summed E-state index contributed by atoms with van der Waals surface area (Å²) in [4.78, 5) is 14.4. The second-order valence-corrected chi connectivity index (χ2v) is 2.46. The molecule has 0 spiro atoms. The van der Waals surface area contributed by atoms with Crippen LogP contribution in [-0.2, 0) is 0 Å². The molecule has 0 saturated heterocycles. The molecule has 1 aromatic carbocycles. The number of anilines is 1. The van der Waals surface area contributed by atoms with Crippen molar-refractivity contribution in [2.24, 2.45) is 0 Å². The zero-order valence-electron chi connectivity index (χ0n) is 7.16. The Morgan fingerprint density at radius 3 is 2.85 bits per heavy atom. The van der Waals surface area contributed by atoms with Gasteiger partial charge in [-0.05, 0) is 12.1 Å². The number of nitrogens with two attached hydrogens (primary N) is 1. The van der Waals surface area contributed by atoms with Gasteiger partial charge in [0.2, 0.25) is 0 Å². The molecule has 0 aromatic heterocycles. The zero-order chi connectivity index (χ0) is 9.84. The van der Waals surface area contributed by atoms with Crippen molar-refractivity contribution >= 4 is 17.3 Å². The van der Waals surface area contributed by atoms with Gasteiger partial charge in [-0.25, -0.2) is 4.85 Å². The summed E-state index contributed by atoms with van der Waals surface area (Å²) >= 11 is 0. The van der Waals surface area contributed by atoms with E-state index in [4.69, 9.17) is 12.3 Å². The van der Waals surface area contributed by atoms with Crippen molar-refractivity contribution in [2.45, 2.75) is 0 Å². The van der Waals surface area contributed by atoms with E-state index in [0.717, 1.165) is 0 Å². The first kappa shape index (κ1) is 9.07. The van der Waals surface area contributed by atoms with E-state index in [0.29, 0.717) is 16.9 Å². The first-order valence-corrected chi connectivity index (χ1v) is 3.68. The number of benzene rings is 1. The highest BCUT2D eigenvalue weighted by Crippen LogP contribution is 2.19. The monoisotopic (exact) mass is 175 g/mol. The number of hydrogen-bond acceptors (Lipinski definition) is 2. The lowest BCUT2D eigenvalue weighted by atomic mass is 10.1. The van der Waals surface area contributed by atoms with E-state index in [-0.39, 0.29) is 5.91 Å². The molecule has 0 unspecified atom stereocenters. The molecule has 66 valence electrons. The fourth-order valence-corrected chi connectivity index (χ4v) is 0.945. The standard InChI is InChI=1S/C9H9N3O/c1-11-6-3-4-8(10)7(5-6)9(13)12-2/h3-5H,10H2,2H3,(H,12,13). The molecule has 1 rings (SSSR count). The molecule has 0 heterocycles. The van der Waals surface area contributed by atoms with Gasteiger partial charge in [-0.15, -0.1) is 0 Å². The Bertz CT molecular complexity index is 379. The van der Waals surface area contributed by atoms with Crippen LogP contribution in [0.3, 0.4) is 0 Å². The molecule has 0 aliphatic heterocycles. The predicted molar refractivity (Wildman–Crippen MR) is 50.5 cm³/mol. The van der Waals surface area contributed by atoms with Crippen LogP contribution in [0.1, 0.15) is 10.4 Å². The van der Waals surface area contributed by atoms with Crippen LogP contribution in [0, 0.1) is 6.57 Å². The minimum Gasteiger partial charge on any atom is -0.398 e. The van der Waals surface area contributed by atoms with E-state index in [1.54, 1.807) is 12.1 Å². The van der Waals surface area contributed by atoms with Crippen LogP contribution in [0.5, 0.6) is 0 Å². The molecule has 0 radical (unpaired) electrons. The number of nitrogen functional groups attached to an aromatic ring is 1. The van der Waals surface area contributed by atoms with Gasteiger partial charge in [-0.1, -0.05) is 6.07 Å². The van der Waals surface area contributed by atoms with Crippen molar-refractivity contribution in [3.8, 4) is 0 Å². The van der Waals surface area contributed by atoms with Crippen LogP contribution < -0.4 is 11.1 Å². The van der Waals surface area contributed by atoms with E-state index in [1.807, 2.05) is 0 Å².